The maximum Gasteiger partial charge on any atom is 0.326 e. The van der Waals surface area contributed by atoms with E-state index in [9.17, 15) is 27.2 Å². The first-order chi connectivity index (χ1) is 14.7. The molecule has 0 saturated carbocycles. The monoisotopic (exact) mass is 448 g/mol. The minimum Gasteiger partial charge on any atom is -0.324 e. The summed E-state index contributed by atoms with van der Waals surface area (Å²) in [5.74, 6) is -1.27. The molecule has 0 unspecified atom stereocenters. The Morgan fingerprint density at radius 1 is 1.06 bits per heavy atom. The average Bonchev–Trinajstić information content (AvgIpc) is 2.95. The molecule has 1 aliphatic rings. The summed E-state index contributed by atoms with van der Waals surface area (Å²) in [5, 5.41) is 2.63. The summed E-state index contributed by atoms with van der Waals surface area (Å²) in [4.78, 5) is 38.2. The van der Waals surface area contributed by atoms with Crippen LogP contribution in [-0.4, -0.2) is 56.2 Å². The van der Waals surface area contributed by atoms with E-state index >= 15 is 0 Å². The van der Waals surface area contributed by atoms with Gasteiger partial charge in [-0.05, 0) is 42.8 Å². The summed E-state index contributed by atoms with van der Waals surface area (Å²) in [7, 11) is -2.46. The number of urea groups is 1. The number of halogens is 1. The molecule has 2 aromatic carbocycles. The highest BCUT2D eigenvalue weighted by Crippen LogP contribution is 2.25. The van der Waals surface area contributed by atoms with E-state index in [0.717, 1.165) is 29.2 Å². The first-order valence-electron chi connectivity index (χ1n) is 9.40. The van der Waals surface area contributed by atoms with Gasteiger partial charge in [-0.25, -0.2) is 17.6 Å². The van der Waals surface area contributed by atoms with Gasteiger partial charge in [-0.2, -0.15) is 0 Å². The molecule has 164 valence electrons. The molecular formula is C20H21FN4O5S. The Morgan fingerprint density at radius 2 is 1.71 bits per heavy atom. The minimum atomic E-state index is -3.99. The van der Waals surface area contributed by atoms with Crippen molar-refractivity contribution in [2.75, 3.05) is 30.2 Å². The van der Waals surface area contributed by atoms with Crippen molar-refractivity contribution in [1.29, 1.82) is 0 Å². The molecule has 0 aromatic heterocycles. The molecule has 0 spiro atoms. The van der Waals surface area contributed by atoms with E-state index in [0.29, 0.717) is 0 Å². The zero-order chi connectivity index (χ0) is 22.6. The fourth-order valence-electron chi connectivity index (χ4n) is 3.00. The summed E-state index contributed by atoms with van der Waals surface area (Å²) in [6.07, 6.45) is 0.292. The fourth-order valence-corrected chi connectivity index (χ4v) is 4.08. The quantitative estimate of drug-likeness (QED) is 0.601. The van der Waals surface area contributed by atoms with Gasteiger partial charge in [0.25, 0.3) is 10.0 Å². The lowest BCUT2D eigenvalue weighted by Crippen LogP contribution is -2.32. The van der Waals surface area contributed by atoms with Crippen LogP contribution in [0.15, 0.2) is 53.4 Å². The maximum atomic E-state index is 13.1. The number of carbonyl (C=O) groups excluding carboxylic acids is 3. The van der Waals surface area contributed by atoms with Crippen molar-refractivity contribution in [3.8, 4) is 0 Å². The van der Waals surface area contributed by atoms with Crippen molar-refractivity contribution in [3.05, 3.63) is 54.3 Å². The number of nitrogens with one attached hydrogen (secondary N) is 2. The highest BCUT2D eigenvalue weighted by Gasteiger charge is 2.32. The molecular weight excluding hydrogens is 427 g/mol. The Labute approximate surface area is 178 Å². The van der Waals surface area contributed by atoms with E-state index in [2.05, 4.69) is 10.0 Å². The van der Waals surface area contributed by atoms with Crippen LogP contribution in [0.2, 0.25) is 0 Å². The number of likely N-dealkylation sites (N-methyl/N-ethyl adjacent to an activating group) is 1. The van der Waals surface area contributed by atoms with Crippen LogP contribution < -0.4 is 10.0 Å². The molecule has 0 radical (unpaired) electrons. The SMILES string of the molecule is CN1CC(=O)N(CCCC(=O)Nc2ccccc2NS(=O)(=O)c2ccc(F)cc2)C1=O. The molecule has 3 rings (SSSR count). The number of rotatable bonds is 8. The Kier molecular flexibility index (Phi) is 6.54. The molecule has 2 aromatic rings. The fraction of sp³-hybridized carbons (Fsp3) is 0.250. The third-order valence-corrected chi connectivity index (χ3v) is 5.97. The van der Waals surface area contributed by atoms with Crippen LogP contribution >= 0.6 is 0 Å². The van der Waals surface area contributed by atoms with Gasteiger partial charge in [0.05, 0.1) is 16.3 Å². The van der Waals surface area contributed by atoms with Crippen LogP contribution in [0.4, 0.5) is 20.6 Å². The van der Waals surface area contributed by atoms with E-state index in [1.165, 1.54) is 24.1 Å². The number of sulfonamides is 1. The first kappa shape index (κ1) is 22.2. The third kappa shape index (κ3) is 5.37. The summed E-state index contributed by atoms with van der Waals surface area (Å²) in [5.41, 5.74) is 0.387. The van der Waals surface area contributed by atoms with Crippen LogP contribution in [-0.2, 0) is 19.6 Å². The van der Waals surface area contributed by atoms with Gasteiger partial charge < -0.3 is 10.2 Å². The number of hydrogen-bond acceptors (Lipinski definition) is 5. The molecule has 9 nitrogen and oxygen atoms in total. The molecule has 1 aliphatic heterocycles. The molecule has 1 fully saturated rings. The van der Waals surface area contributed by atoms with Gasteiger partial charge in [-0.3, -0.25) is 19.2 Å². The Hall–Kier alpha value is -3.47. The molecule has 1 saturated heterocycles. The second-order valence-electron chi connectivity index (χ2n) is 6.94. The smallest absolute Gasteiger partial charge is 0.324 e. The predicted molar refractivity (Wildman–Crippen MR) is 111 cm³/mol. The van der Waals surface area contributed by atoms with E-state index < -0.39 is 27.8 Å². The van der Waals surface area contributed by atoms with Crippen molar-refractivity contribution >= 4 is 39.2 Å². The lowest BCUT2D eigenvalue weighted by molar-refractivity contribution is -0.125. The van der Waals surface area contributed by atoms with E-state index in [1.807, 2.05) is 0 Å². The number of amides is 4. The van der Waals surface area contributed by atoms with Gasteiger partial charge in [0.2, 0.25) is 11.8 Å². The van der Waals surface area contributed by atoms with E-state index in [1.54, 1.807) is 12.1 Å². The number of para-hydroxylation sites is 2. The molecule has 0 atom stereocenters. The molecule has 0 bridgehead atoms. The lowest BCUT2D eigenvalue weighted by atomic mass is 10.2. The topological polar surface area (TPSA) is 116 Å². The van der Waals surface area contributed by atoms with E-state index in [-0.39, 0.29) is 48.1 Å². The second-order valence-corrected chi connectivity index (χ2v) is 8.62. The van der Waals surface area contributed by atoms with Crippen LogP contribution in [0.1, 0.15) is 12.8 Å². The normalized spacial score (nSPS) is 14.1. The largest absolute Gasteiger partial charge is 0.326 e. The Morgan fingerprint density at radius 3 is 2.32 bits per heavy atom. The molecule has 4 amide bonds. The number of nitrogens with zero attached hydrogens (tertiary/aromatic N) is 2. The Balaban J connectivity index is 1.61. The number of carbonyl (C=O) groups is 3. The number of hydrogen-bond donors (Lipinski definition) is 2. The molecule has 31 heavy (non-hydrogen) atoms. The maximum absolute atomic E-state index is 13.1. The third-order valence-electron chi connectivity index (χ3n) is 4.59. The van der Waals surface area contributed by atoms with Crippen LogP contribution in [0.5, 0.6) is 0 Å². The molecule has 1 heterocycles. The van der Waals surface area contributed by atoms with Gasteiger partial charge in [-0.15, -0.1) is 0 Å². The van der Waals surface area contributed by atoms with Crippen molar-refractivity contribution in [2.24, 2.45) is 0 Å². The zero-order valence-corrected chi connectivity index (χ0v) is 17.5. The van der Waals surface area contributed by atoms with Gasteiger partial charge in [-0.1, -0.05) is 12.1 Å². The zero-order valence-electron chi connectivity index (χ0n) is 16.7. The van der Waals surface area contributed by atoms with Gasteiger partial charge >= 0.3 is 6.03 Å². The van der Waals surface area contributed by atoms with Crippen LogP contribution in [0, 0.1) is 5.82 Å². The number of imide groups is 1. The van der Waals surface area contributed by atoms with Gasteiger partial charge in [0.15, 0.2) is 0 Å². The number of benzene rings is 2. The number of anilines is 2. The molecule has 2 N–H and O–H groups in total. The summed E-state index contributed by atoms with van der Waals surface area (Å²) < 4.78 is 40.5. The summed E-state index contributed by atoms with van der Waals surface area (Å²) >= 11 is 0. The highest BCUT2D eigenvalue weighted by molar-refractivity contribution is 7.92. The van der Waals surface area contributed by atoms with Gasteiger partial charge in [0.1, 0.15) is 12.4 Å². The summed E-state index contributed by atoms with van der Waals surface area (Å²) in [6.45, 7) is 0.140. The van der Waals surface area contributed by atoms with Crippen LogP contribution in [0.3, 0.4) is 0 Å². The molecule has 11 heteroatoms. The second kappa shape index (κ2) is 9.13. The lowest BCUT2D eigenvalue weighted by Gasteiger charge is -2.15. The van der Waals surface area contributed by atoms with Crippen LogP contribution in [0.25, 0.3) is 0 Å². The van der Waals surface area contributed by atoms with E-state index in [4.69, 9.17) is 0 Å². The van der Waals surface area contributed by atoms with Gasteiger partial charge in [0, 0.05) is 20.0 Å². The Bertz CT molecular complexity index is 1100. The van der Waals surface area contributed by atoms with Crippen molar-refractivity contribution in [1.82, 2.24) is 9.80 Å². The predicted octanol–water partition coefficient (Wildman–Crippen LogP) is 2.24. The van der Waals surface area contributed by atoms with Crippen molar-refractivity contribution in [3.63, 3.8) is 0 Å². The van der Waals surface area contributed by atoms with Crippen molar-refractivity contribution < 1.29 is 27.2 Å². The average molecular weight is 448 g/mol. The first-order valence-corrected chi connectivity index (χ1v) is 10.9. The van der Waals surface area contributed by atoms with Crippen molar-refractivity contribution in [2.45, 2.75) is 17.7 Å². The highest BCUT2D eigenvalue weighted by atomic mass is 32.2. The standard InChI is InChI=1S/C20H21FN4O5S/c1-24-13-19(27)25(20(24)28)12-4-7-18(26)22-16-5-2-3-6-17(16)23-31(29,30)15-10-8-14(21)9-11-15/h2-3,5-6,8-11,23H,4,7,12-13H2,1H3,(H,22,26). The molecule has 0 aliphatic carbocycles. The minimum absolute atomic E-state index is 0.0204. The summed E-state index contributed by atoms with van der Waals surface area (Å²) in [6, 6.07) is 10.2.